The summed E-state index contributed by atoms with van der Waals surface area (Å²) in [6.45, 7) is 3.32. The summed E-state index contributed by atoms with van der Waals surface area (Å²) in [6, 6.07) is 0. The first-order valence-electron chi connectivity index (χ1n) is 8.30. The Labute approximate surface area is 149 Å². The van der Waals surface area contributed by atoms with E-state index < -0.39 is 11.7 Å². The number of aromatic nitrogens is 8. The highest BCUT2D eigenvalue weighted by Crippen LogP contribution is 2.26. The van der Waals surface area contributed by atoms with E-state index in [0.29, 0.717) is 12.2 Å². The first-order valence-corrected chi connectivity index (χ1v) is 8.30. The zero-order valence-electron chi connectivity index (χ0n) is 14.7. The van der Waals surface area contributed by atoms with E-state index >= 15 is 0 Å². The van der Waals surface area contributed by atoms with Gasteiger partial charge in [0.1, 0.15) is 0 Å². The highest BCUT2D eigenvalue weighted by atomic mass is 16.6. The predicted molar refractivity (Wildman–Crippen MR) is 84.0 cm³/mol. The highest BCUT2D eigenvalue weighted by molar-refractivity contribution is 5.69. The zero-order chi connectivity index (χ0) is 18.8. The van der Waals surface area contributed by atoms with Crippen molar-refractivity contribution in [3.63, 3.8) is 0 Å². The van der Waals surface area contributed by atoms with Gasteiger partial charge in [0.05, 0.1) is 13.0 Å². The molecule has 12 heteroatoms. The monoisotopic (exact) mass is 365 g/mol. The molecule has 0 aliphatic heterocycles. The summed E-state index contributed by atoms with van der Waals surface area (Å²) in [5.41, 5.74) is -1.37. The molecule has 26 heavy (non-hydrogen) atoms. The molecule has 1 unspecified atom stereocenters. The molecule has 0 saturated heterocycles. The average molecular weight is 365 g/mol. The molecule has 0 saturated carbocycles. The second-order valence-corrected chi connectivity index (χ2v) is 5.68. The Morgan fingerprint density at radius 3 is 2.77 bits per heavy atom. The normalized spacial score (nSPS) is 13.2. The van der Waals surface area contributed by atoms with Crippen LogP contribution in [-0.2, 0) is 31.2 Å². The van der Waals surface area contributed by atoms with Crippen LogP contribution in [0.4, 0.5) is 0 Å². The molecule has 0 spiro atoms. The number of hydrogen-bond donors (Lipinski definition) is 1. The van der Waals surface area contributed by atoms with Crippen LogP contribution in [0.5, 0.6) is 0 Å². The minimum absolute atomic E-state index is 0.00744. The smallest absolute Gasteiger partial charge is 0.305 e. The average Bonchev–Trinajstić information content (AvgIpc) is 3.28. The lowest BCUT2D eigenvalue weighted by atomic mass is 10.1. The third-order valence-corrected chi connectivity index (χ3v) is 3.61. The molecule has 141 valence electrons. The fourth-order valence-electron chi connectivity index (χ4n) is 2.41. The number of carbonyl (C=O) groups is 2. The fourth-order valence-corrected chi connectivity index (χ4v) is 2.41. The summed E-state index contributed by atoms with van der Waals surface area (Å²) in [6.07, 6.45) is 5.77. The van der Waals surface area contributed by atoms with Crippen molar-refractivity contribution in [1.82, 2.24) is 40.8 Å². The van der Waals surface area contributed by atoms with Crippen molar-refractivity contribution in [2.45, 2.75) is 58.1 Å². The summed E-state index contributed by atoms with van der Waals surface area (Å²) < 4.78 is 11.9. The van der Waals surface area contributed by atoms with E-state index in [9.17, 15) is 9.59 Å². The molecular formula is C14H21N8O4. The molecule has 2 aromatic rings. The second kappa shape index (κ2) is 9.53. The van der Waals surface area contributed by atoms with Gasteiger partial charge in [0, 0.05) is 19.8 Å². The Kier molecular flexibility index (Phi) is 7.12. The van der Waals surface area contributed by atoms with Gasteiger partial charge in [-0.3, -0.25) is 9.59 Å². The summed E-state index contributed by atoms with van der Waals surface area (Å²) in [5.74, 6) is -0.516. The van der Waals surface area contributed by atoms with Gasteiger partial charge in [0.2, 0.25) is 12.1 Å². The molecule has 1 atom stereocenters. The minimum Gasteiger partial charge on any atom is -0.465 e. The van der Waals surface area contributed by atoms with Crippen molar-refractivity contribution in [2.24, 2.45) is 0 Å². The molecule has 2 heterocycles. The third-order valence-electron chi connectivity index (χ3n) is 3.61. The maximum Gasteiger partial charge on any atom is 0.305 e. The SMILES string of the molecule is CCCCCC(=O)OCCC(Cc1nnn[nH]1)(OC(C)=O)n1[c]nnn1. The topological polar surface area (TPSA) is 151 Å². The Morgan fingerprint density at radius 1 is 1.31 bits per heavy atom. The zero-order valence-corrected chi connectivity index (χ0v) is 14.7. The molecule has 2 aromatic heterocycles. The van der Waals surface area contributed by atoms with Crippen LogP contribution < -0.4 is 0 Å². The number of nitrogens with zero attached hydrogens (tertiary/aromatic N) is 7. The number of ether oxygens (including phenoxy) is 2. The van der Waals surface area contributed by atoms with Crippen molar-refractivity contribution < 1.29 is 19.1 Å². The fraction of sp³-hybridized carbons (Fsp3) is 0.714. The molecular weight excluding hydrogens is 344 g/mol. The molecule has 0 aliphatic rings. The molecule has 0 aliphatic carbocycles. The van der Waals surface area contributed by atoms with Gasteiger partial charge in [0.25, 0.3) is 0 Å². The minimum atomic E-state index is -1.37. The van der Waals surface area contributed by atoms with E-state index in [1.54, 1.807) is 0 Å². The maximum absolute atomic E-state index is 11.8. The van der Waals surface area contributed by atoms with E-state index in [2.05, 4.69) is 49.4 Å². The van der Waals surface area contributed by atoms with Crippen LogP contribution in [0.15, 0.2) is 0 Å². The maximum atomic E-state index is 11.8. The highest BCUT2D eigenvalue weighted by Gasteiger charge is 2.39. The molecule has 0 fully saturated rings. The van der Waals surface area contributed by atoms with E-state index in [1.165, 1.54) is 11.6 Å². The number of carbonyl (C=O) groups excluding carboxylic acids is 2. The van der Waals surface area contributed by atoms with Crippen molar-refractivity contribution >= 4 is 11.9 Å². The Balaban J connectivity index is 2.09. The Bertz CT molecular complexity index is 675. The summed E-state index contributed by atoms with van der Waals surface area (Å²) >= 11 is 0. The van der Waals surface area contributed by atoms with E-state index in [0.717, 1.165) is 19.3 Å². The lowest BCUT2D eigenvalue weighted by Gasteiger charge is -2.31. The number of unbranched alkanes of at least 4 members (excludes halogenated alkanes) is 2. The molecule has 1 radical (unpaired) electrons. The first kappa shape index (κ1) is 19.4. The first-order chi connectivity index (χ1) is 12.6. The van der Waals surface area contributed by atoms with Crippen LogP contribution in [0.2, 0.25) is 0 Å². The molecule has 1 N–H and O–H groups in total. The number of nitrogens with one attached hydrogen (secondary N) is 1. The molecule has 0 aromatic carbocycles. The van der Waals surface area contributed by atoms with Crippen LogP contribution in [0.3, 0.4) is 0 Å². The lowest BCUT2D eigenvalue weighted by molar-refractivity contribution is -0.177. The quantitative estimate of drug-likeness (QED) is 0.424. The summed E-state index contributed by atoms with van der Waals surface area (Å²) in [7, 11) is 0. The van der Waals surface area contributed by atoms with E-state index in [4.69, 9.17) is 9.47 Å². The number of hydrogen-bond acceptors (Lipinski definition) is 10. The molecule has 12 nitrogen and oxygen atoms in total. The van der Waals surface area contributed by atoms with Gasteiger partial charge in [-0.05, 0) is 27.3 Å². The lowest BCUT2D eigenvalue weighted by Crippen LogP contribution is -2.43. The van der Waals surface area contributed by atoms with Crippen molar-refractivity contribution in [2.75, 3.05) is 6.61 Å². The van der Waals surface area contributed by atoms with Crippen LogP contribution in [0.25, 0.3) is 0 Å². The number of rotatable bonds is 11. The van der Waals surface area contributed by atoms with Gasteiger partial charge in [0.15, 0.2) is 5.82 Å². The van der Waals surface area contributed by atoms with E-state index in [1.807, 2.05) is 0 Å². The van der Waals surface area contributed by atoms with Crippen molar-refractivity contribution in [1.29, 1.82) is 0 Å². The third kappa shape index (κ3) is 5.57. The van der Waals surface area contributed by atoms with Gasteiger partial charge in [-0.2, -0.15) is 4.68 Å². The largest absolute Gasteiger partial charge is 0.465 e. The molecule has 0 amide bonds. The molecule has 2 rings (SSSR count). The van der Waals surface area contributed by atoms with Crippen LogP contribution in [-0.4, -0.2) is 59.4 Å². The van der Waals surface area contributed by atoms with Crippen LogP contribution in [0, 0.1) is 6.33 Å². The van der Waals surface area contributed by atoms with Crippen LogP contribution >= 0.6 is 0 Å². The van der Waals surface area contributed by atoms with Gasteiger partial charge >= 0.3 is 11.9 Å². The Morgan fingerprint density at radius 2 is 2.15 bits per heavy atom. The number of tetrazole rings is 2. The molecule has 0 bridgehead atoms. The van der Waals surface area contributed by atoms with Gasteiger partial charge in [-0.1, -0.05) is 19.8 Å². The Hall–Kier alpha value is -2.92. The second-order valence-electron chi connectivity index (χ2n) is 5.68. The standard InChI is InChI=1S/C14H21N8O4/c1-3-4-5-6-13(24)25-8-7-14(26-11(2)23,22-10-15-18-21-22)9-12-16-19-20-17-12/h3-9H2,1-2H3,(H,16,17,19,20). The number of H-pyrrole nitrogens is 1. The predicted octanol–water partition coefficient (Wildman–Crippen LogP) is -0.0414. The summed E-state index contributed by atoms with van der Waals surface area (Å²) in [4.78, 5) is 23.5. The van der Waals surface area contributed by atoms with Gasteiger partial charge in [-0.25, -0.2) is 5.10 Å². The van der Waals surface area contributed by atoms with E-state index in [-0.39, 0.29) is 25.4 Å². The summed E-state index contributed by atoms with van der Waals surface area (Å²) in [5, 5.41) is 24.2. The van der Waals surface area contributed by atoms with Crippen molar-refractivity contribution in [3.8, 4) is 0 Å². The number of esters is 2. The van der Waals surface area contributed by atoms with Crippen LogP contribution in [0.1, 0.15) is 51.8 Å². The number of aromatic amines is 1. The van der Waals surface area contributed by atoms with Gasteiger partial charge in [-0.15, -0.1) is 10.2 Å². The van der Waals surface area contributed by atoms with Crippen molar-refractivity contribution in [3.05, 3.63) is 12.2 Å². The van der Waals surface area contributed by atoms with Gasteiger partial charge < -0.3 is 9.47 Å².